The molecule has 0 aliphatic carbocycles. The Hall–Kier alpha value is -1.69. The number of halogens is 4. The van der Waals surface area contributed by atoms with Crippen molar-refractivity contribution >= 4 is 21.6 Å². The largest absolute Gasteiger partial charge is 0.451 e. The van der Waals surface area contributed by atoms with Gasteiger partial charge in [-0.25, -0.2) is 13.2 Å². The molecule has 0 saturated heterocycles. The van der Waals surface area contributed by atoms with E-state index in [1.807, 2.05) is 0 Å². The van der Waals surface area contributed by atoms with Gasteiger partial charge >= 0.3 is 0 Å². The van der Waals surface area contributed by atoms with Crippen molar-refractivity contribution < 1.29 is 17.9 Å². The molecule has 0 heterocycles. The van der Waals surface area contributed by atoms with Gasteiger partial charge in [-0.05, 0) is 34.1 Å². The number of hydrogen-bond donors (Lipinski definition) is 1. The highest BCUT2D eigenvalue weighted by Crippen LogP contribution is 2.31. The van der Waals surface area contributed by atoms with Crippen LogP contribution in [0.2, 0.25) is 0 Å². The second kappa shape index (κ2) is 4.89. The van der Waals surface area contributed by atoms with E-state index >= 15 is 0 Å². The van der Waals surface area contributed by atoms with E-state index in [1.54, 1.807) is 0 Å². The summed E-state index contributed by atoms with van der Waals surface area (Å²) in [6.07, 6.45) is 0. The van der Waals surface area contributed by atoms with Crippen LogP contribution in [0.15, 0.2) is 34.8 Å². The van der Waals surface area contributed by atoms with Gasteiger partial charge in [0.15, 0.2) is 17.4 Å². The first-order valence-electron chi connectivity index (χ1n) is 4.85. The Kier molecular flexibility index (Phi) is 3.47. The van der Waals surface area contributed by atoms with Gasteiger partial charge in [0, 0.05) is 17.8 Å². The normalized spacial score (nSPS) is 10.4. The second-order valence-electron chi connectivity index (χ2n) is 3.49. The fourth-order valence-corrected chi connectivity index (χ4v) is 1.69. The minimum atomic E-state index is -0.923. The quantitative estimate of drug-likeness (QED) is 0.841. The monoisotopic (exact) mass is 317 g/mol. The Morgan fingerprint density at radius 1 is 0.944 bits per heavy atom. The molecular weight excluding hydrogens is 311 g/mol. The highest BCUT2D eigenvalue weighted by Gasteiger charge is 2.13. The zero-order valence-electron chi connectivity index (χ0n) is 8.88. The summed E-state index contributed by atoms with van der Waals surface area (Å²) in [4.78, 5) is 0. The van der Waals surface area contributed by atoms with Gasteiger partial charge in [0.2, 0.25) is 0 Å². The molecule has 0 radical (unpaired) electrons. The number of hydrogen-bond acceptors (Lipinski definition) is 2. The van der Waals surface area contributed by atoms with Crippen molar-refractivity contribution in [1.29, 1.82) is 0 Å². The van der Waals surface area contributed by atoms with Crippen LogP contribution >= 0.6 is 15.9 Å². The summed E-state index contributed by atoms with van der Waals surface area (Å²) < 4.78 is 45.0. The number of ether oxygens (including phenoxy) is 1. The molecule has 0 atom stereocenters. The molecule has 0 unspecified atom stereocenters. The number of benzene rings is 2. The van der Waals surface area contributed by atoms with E-state index in [2.05, 4.69) is 15.9 Å². The van der Waals surface area contributed by atoms with Crippen LogP contribution in [0.5, 0.6) is 11.5 Å². The summed E-state index contributed by atoms with van der Waals surface area (Å²) in [5.74, 6) is -2.82. The molecule has 0 aliphatic rings. The van der Waals surface area contributed by atoms with Crippen LogP contribution in [0.25, 0.3) is 0 Å². The highest BCUT2D eigenvalue weighted by atomic mass is 79.9. The van der Waals surface area contributed by atoms with Gasteiger partial charge in [-0.3, -0.25) is 0 Å². The molecule has 0 saturated carbocycles. The summed E-state index contributed by atoms with van der Waals surface area (Å²) in [6.45, 7) is 0. The summed E-state index contributed by atoms with van der Waals surface area (Å²) in [5, 5.41) is 0. The number of nitrogens with two attached hydrogens (primary N) is 1. The average molecular weight is 318 g/mol. The fourth-order valence-electron chi connectivity index (χ4n) is 1.34. The second-order valence-corrected chi connectivity index (χ2v) is 4.35. The van der Waals surface area contributed by atoms with Crippen molar-refractivity contribution in [2.45, 2.75) is 0 Å². The molecule has 2 nitrogen and oxygen atoms in total. The molecule has 2 rings (SSSR count). The average Bonchev–Trinajstić information content (AvgIpc) is 2.28. The van der Waals surface area contributed by atoms with Gasteiger partial charge in [0.1, 0.15) is 11.6 Å². The summed E-state index contributed by atoms with van der Waals surface area (Å²) in [5.41, 5.74) is 5.23. The van der Waals surface area contributed by atoms with Crippen molar-refractivity contribution in [3.63, 3.8) is 0 Å². The Labute approximate surface area is 109 Å². The minimum Gasteiger partial charge on any atom is -0.451 e. The first kappa shape index (κ1) is 12.8. The molecule has 2 N–H and O–H groups in total. The molecular formula is C12H7BrF3NO. The van der Waals surface area contributed by atoms with Gasteiger partial charge in [-0.2, -0.15) is 0 Å². The molecule has 0 spiro atoms. The van der Waals surface area contributed by atoms with Crippen molar-refractivity contribution in [1.82, 2.24) is 0 Å². The van der Waals surface area contributed by atoms with Crippen molar-refractivity contribution in [3.05, 3.63) is 52.3 Å². The smallest absolute Gasteiger partial charge is 0.198 e. The van der Waals surface area contributed by atoms with E-state index in [9.17, 15) is 13.2 Å². The predicted molar refractivity (Wildman–Crippen MR) is 64.9 cm³/mol. The molecule has 0 amide bonds. The standard InChI is InChI=1S/C12H7BrF3NO/c13-8-5-7(1-2-9(8)14)18-12-10(15)3-6(17)4-11(12)16/h1-5H,17H2. The third-order valence-electron chi connectivity index (χ3n) is 2.13. The van der Waals surface area contributed by atoms with Crippen LogP contribution in [0.1, 0.15) is 0 Å². The Morgan fingerprint density at radius 3 is 2.11 bits per heavy atom. The number of nitrogen functional groups attached to an aromatic ring is 1. The maximum atomic E-state index is 13.4. The maximum absolute atomic E-state index is 13.4. The molecule has 0 bridgehead atoms. The van der Waals surface area contributed by atoms with Gasteiger partial charge in [0.05, 0.1) is 4.47 Å². The molecule has 2 aromatic rings. The first-order chi connectivity index (χ1) is 8.47. The zero-order chi connectivity index (χ0) is 13.3. The Balaban J connectivity index is 2.37. The summed E-state index contributed by atoms with van der Waals surface area (Å²) >= 11 is 2.95. The lowest BCUT2D eigenvalue weighted by Gasteiger charge is -2.09. The zero-order valence-corrected chi connectivity index (χ0v) is 10.5. The van der Waals surface area contributed by atoms with Crippen LogP contribution in [0.4, 0.5) is 18.9 Å². The third-order valence-corrected chi connectivity index (χ3v) is 2.74. The van der Waals surface area contributed by atoms with E-state index in [0.29, 0.717) is 0 Å². The van der Waals surface area contributed by atoms with E-state index in [4.69, 9.17) is 10.5 Å². The van der Waals surface area contributed by atoms with Gasteiger partial charge < -0.3 is 10.5 Å². The van der Waals surface area contributed by atoms with Gasteiger partial charge in [-0.1, -0.05) is 0 Å². The fraction of sp³-hybridized carbons (Fsp3) is 0. The highest BCUT2D eigenvalue weighted by molar-refractivity contribution is 9.10. The van der Waals surface area contributed by atoms with E-state index in [-0.39, 0.29) is 15.9 Å². The summed E-state index contributed by atoms with van der Waals surface area (Å²) in [7, 11) is 0. The molecule has 18 heavy (non-hydrogen) atoms. The van der Waals surface area contributed by atoms with Crippen LogP contribution in [0, 0.1) is 17.5 Å². The Morgan fingerprint density at radius 2 is 1.56 bits per heavy atom. The molecule has 2 aromatic carbocycles. The molecule has 6 heteroatoms. The van der Waals surface area contributed by atoms with Crippen LogP contribution in [-0.4, -0.2) is 0 Å². The molecule has 0 aliphatic heterocycles. The van der Waals surface area contributed by atoms with E-state index in [0.717, 1.165) is 18.2 Å². The molecule has 0 aromatic heterocycles. The van der Waals surface area contributed by atoms with Crippen LogP contribution < -0.4 is 10.5 Å². The van der Waals surface area contributed by atoms with Crippen molar-refractivity contribution in [2.24, 2.45) is 0 Å². The maximum Gasteiger partial charge on any atom is 0.198 e. The topological polar surface area (TPSA) is 35.2 Å². The molecule has 94 valence electrons. The van der Waals surface area contributed by atoms with Crippen molar-refractivity contribution in [2.75, 3.05) is 5.73 Å². The summed E-state index contributed by atoms with van der Waals surface area (Å²) in [6, 6.07) is 5.53. The lowest BCUT2D eigenvalue weighted by molar-refractivity contribution is 0.407. The lowest BCUT2D eigenvalue weighted by Crippen LogP contribution is -1.96. The third kappa shape index (κ3) is 2.59. The van der Waals surface area contributed by atoms with E-state index in [1.165, 1.54) is 12.1 Å². The van der Waals surface area contributed by atoms with Crippen LogP contribution in [-0.2, 0) is 0 Å². The molecule has 0 fully saturated rings. The van der Waals surface area contributed by atoms with E-state index < -0.39 is 23.2 Å². The predicted octanol–water partition coefficient (Wildman–Crippen LogP) is 4.24. The number of anilines is 1. The van der Waals surface area contributed by atoms with Gasteiger partial charge in [0.25, 0.3) is 0 Å². The lowest BCUT2D eigenvalue weighted by atomic mass is 10.2. The first-order valence-corrected chi connectivity index (χ1v) is 5.64. The minimum absolute atomic E-state index is 0.0439. The van der Waals surface area contributed by atoms with Gasteiger partial charge in [-0.15, -0.1) is 0 Å². The SMILES string of the molecule is Nc1cc(F)c(Oc2ccc(F)c(Br)c2)c(F)c1. The number of rotatable bonds is 2. The van der Waals surface area contributed by atoms with Crippen molar-refractivity contribution in [3.8, 4) is 11.5 Å². The van der Waals surface area contributed by atoms with Crippen LogP contribution in [0.3, 0.4) is 0 Å². The Bertz CT molecular complexity index is 581.